The molecule has 0 bridgehead atoms. The van der Waals surface area contributed by atoms with Gasteiger partial charge in [0.25, 0.3) is 0 Å². The van der Waals surface area contributed by atoms with E-state index in [0.717, 1.165) is 5.56 Å². The molecule has 1 aromatic carbocycles. The zero-order valence-electron chi connectivity index (χ0n) is 20.9. The standard InChI is InChI=1S/C25H35N3O7/c1-15(27(5)24(33)35-25(2,3)4)21(29)26-19(16-10-12-34-13-11-16)22(30)28-14-17-8-6-7-9-18(17)20(28)23(31)32/h6-9,15-16,19-20H,10-14H2,1-5H3,(H,26,29)(H,31,32)/t15?,19?,20-/m0/s1. The lowest BCUT2D eigenvalue weighted by molar-refractivity contribution is -0.152. The highest BCUT2D eigenvalue weighted by Crippen LogP contribution is 2.35. The van der Waals surface area contributed by atoms with Gasteiger partial charge in [-0.15, -0.1) is 0 Å². The topological polar surface area (TPSA) is 125 Å². The van der Waals surface area contributed by atoms with Gasteiger partial charge in [0, 0.05) is 26.8 Å². The molecule has 1 saturated heterocycles. The summed E-state index contributed by atoms with van der Waals surface area (Å²) in [6.07, 6.45) is 0.437. The summed E-state index contributed by atoms with van der Waals surface area (Å²) in [6.45, 7) is 7.79. The zero-order valence-corrected chi connectivity index (χ0v) is 20.9. The molecule has 1 aromatic rings. The fourth-order valence-corrected chi connectivity index (χ4v) is 4.41. The van der Waals surface area contributed by atoms with E-state index in [2.05, 4.69) is 5.32 Å². The number of carbonyl (C=O) groups excluding carboxylic acids is 3. The Morgan fingerprint density at radius 2 is 1.80 bits per heavy atom. The van der Waals surface area contributed by atoms with Gasteiger partial charge in [-0.2, -0.15) is 0 Å². The van der Waals surface area contributed by atoms with E-state index in [9.17, 15) is 24.3 Å². The largest absolute Gasteiger partial charge is 0.479 e. The SMILES string of the molecule is CC(C(=O)NC(C(=O)N1Cc2ccccc2[C@H]1C(=O)O)C1CCOCC1)N(C)C(=O)OC(C)(C)C. The second-order valence-corrected chi connectivity index (χ2v) is 10.1. The van der Waals surface area contributed by atoms with Crippen LogP contribution in [0.4, 0.5) is 4.79 Å². The number of hydrogen-bond acceptors (Lipinski definition) is 6. The smallest absolute Gasteiger partial charge is 0.410 e. The highest BCUT2D eigenvalue weighted by molar-refractivity contribution is 5.94. The Balaban J connectivity index is 1.82. The van der Waals surface area contributed by atoms with E-state index < -0.39 is 47.6 Å². The first kappa shape index (κ1) is 26.5. The van der Waals surface area contributed by atoms with Gasteiger partial charge in [0.05, 0.1) is 0 Å². The van der Waals surface area contributed by atoms with Crippen LogP contribution >= 0.6 is 0 Å². The van der Waals surface area contributed by atoms with Crippen molar-refractivity contribution >= 4 is 23.9 Å². The van der Waals surface area contributed by atoms with Crippen molar-refractivity contribution in [3.8, 4) is 0 Å². The van der Waals surface area contributed by atoms with Gasteiger partial charge in [-0.3, -0.25) is 14.5 Å². The minimum atomic E-state index is -1.13. The molecular weight excluding hydrogens is 454 g/mol. The van der Waals surface area contributed by atoms with E-state index in [1.165, 1.54) is 16.8 Å². The van der Waals surface area contributed by atoms with Gasteiger partial charge in [-0.25, -0.2) is 9.59 Å². The van der Waals surface area contributed by atoms with E-state index in [-0.39, 0.29) is 12.5 Å². The summed E-state index contributed by atoms with van der Waals surface area (Å²) < 4.78 is 10.8. The van der Waals surface area contributed by atoms with Gasteiger partial charge < -0.3 is 24.8 Å². The van der Waals surface area contributed by atoms with Crippen LogP contribution < -0.4 is 5.32 Å². The Morgan fingerprint density at radius 1 is 1.17 bits per heavy atom. The molecule has 0 radical (unpaired) electrons. The van der Waals surface area contributed by atoms with E-state index in [1.54, 1.807) is 52.0 Å². The summed E-state index contributed by atoms with van der Waals surface area (Å²) in [5.41, 5.74) is 0.616. The second kappa shape index (κ2) is 10.6. The maximum atomic E-state index is 13.8. The van der Waals surface area contributed by atoms with Crippen LogP contribution in [0.3, 0.4) is 0 Å². The van der Waals surface area contributed by atoms with Crippen molar-refractivity contribution in [3.05, 3.63) is 35.4 Å². The maximum absolute atomic E-state index is 13.8. The number of carbonyl (C=O) groups is 4. The van der Waals surface area contributed by atoms with E-state index in [1.807, 2.05) is 0 Å². The fraction of sp³-hybridized carbons (Fsp3) is 0.600. The maximum Gasteiger partial charge on any atom is 0.410 e. The second-order valence-electron chi connectivity index (χ2n) is 10.1. The number of carboxylic acid groups (broad SMARTS) is 1. The van der Waals surface area contributed by atoms with Crippen molar-refractivity contribution in [1.29, 1.82) is 0 Å². The third-order valence-corrected chi connectivity index (χ3v) is 6.46. The third kappa shape index (κ3) is 6.11. The van der Waals surface area contributed by atoms with Gasteiger partial charge in [-0.1, -0.05) is 24.3 Å². The lowest BCUT2D eigenvalue weighted by Gasteiger charge is -2.35. The molecule has 2 N–H and O–H groups in total. The van der Waals surface area contributed by atoms with Crippen LogP contribution in [0.1, 0.15) is 57.7 Å². The van der Waals surface area contributed by atoms with Crippen molar-refractivity contribution in [2.45, 2.75) is 70.8 Å². The van der Waals surface area contributed by atoms with E-state index in [0.29, 0.717) is 31.6 Å². The van der Waals surface area contributed by atoms with Crippen molar-refractivity contribution in [1.82, 2.24) is 15.1 Å². The molecule has 2 aliphatic heterocycles. The van der Waals surface area contributed by atoms with Crippen LogP contribution in [0.5, 0.6) is 0 Å². The number of ether oxygens (including phenoxy) is 2. The van der Waals surface area contributed by atoms with Crippen LogP contribution in [-0.2, 0) is 30.4 Å². The number of hydrogen-bond donors (Lipinski definition) is 2. The average Bonchev–Trinajstić information content (AvgIpc) is 3.20. The number of amides is 3. The summed E-state index contributed by atoms with van der Waals surface area (Å²) in [5, 5.41) is 12.7. The van der Waals surface area contributed by atoms with Gasteiger partial charge >= 0.3 is 12.1 Å². The Bertz CT molecular complexity index is 968. The lowest BCUT2D eigenvalue weighted by atomic mass is 9.90. The molecule has 0 spiro atoms. The molecule has 192 valence electrons. The van der Waals surface area contributed by atoms with Crippen LogP contribution in [0.2, 0.25) is 0 Å². The molecule has 3 rings (SSSR count). The molecular formula is C25H35N3O7. The summed E-state index contributed by atoms with van der Waals surface area (Å²) in [5.74, 6) is -2.33. The van der Waals surface area contributed by atoms with Crippen LogP contribution in [0, 0.1) is 5.92 Å². The first-order valence-corrected chi connectivity index (χ1v) is 11.9. The summed E-state index contributed by atoms with van der Waals surface area (Å²) in [7, 11) is 1.46. The highest BCUT2D eigenvalue weighted by atomic mass is 16.6. The molecule has 3 atom stereocenters. The normalized spacial score (nSPS) is 19.9. The predicted molar refractivity (Wildman–Crippen MR) is 126 cm³/mol. The number of aliphatic carboxylic acids is 1. The zero-order chi connectivity index (χ0) is 25.9. The van der Waals surface area contributed by atoms with Crippen LogP contribution in [-0.4, -0.2) is 76.7 Å². The summed E-state index contributed by atoms with van der Waals surface area (Å²) in [6, 6.07) is 4.08. The third-order valence-electron chi connectivity index (χ3n) is 6.46. The number of likely N-dealkylation sites (N-methyl/N-ethyl adjacent to an activating group) is 1. The van der Waals surface area contributed by atoms with E-state index in [4.69, 9.17) is 9.47 Å². The fourth-order valence-electron chi connectivity index (χ4n) is 4.41. The monoisotopic (exact) mass is 489 g/mol. The molecule has 0 aliphatic carbocycles. The Kier molecular flexibility index (Phi) is 8.04. The molecule has 0 saturated carbocycles. The molecule has 3 amide bonds. The predicted octanol–water partition coefficient (Wildman–Crippen LogP) is 2.32. The van der Waals surface area contributed by atoms with E-state index >= 15 is 0 Å². The van der Waals surface area contributed by atoms with Crippen molar-refractivity contribution < 1.29 is 33.8 Å². The molecule has 10 nitrogen and oxygen atoms in total. The molecule has 10 heteroatoms. The molecule has 0 aromatic heterocycles. The minimum Gasteiger partial charge on any atom is -0.479 e. The number of fused-ring (bicyclic) bond motifs is 1. The molecule has 1 fully saturated rings. The van der Waals surface area contributed by atoms with Crippen LogP contribution in [0.25, 0.3) is 0 Å². The highest BCUT2D eigenvalue weighted by Gasteiger charge is 2.44. The molecule has 2 unspecified atom stereocenters. The summed E-state index contributed by atoms with van der Waals surface area (Å²) >= 11 is 0. The lowest BCUT2D eigenvalue weighted by Crippen LogP contribution is -2.57. The molecule has 35 heavy (non-hydrogen) atoms. The average molecular weight is 490 g/mol. The summed E-state index contributed by atoms with van der Waals surface area (Å²) in [4.78, 5) is 54.0. The van der Waals surface area contributed by atoms with Crippen molar-refractivity contribution in [2.24, 2.45) is 5.92 Å². The number of rotatable bonds is 6. The van der Waals surface area contributed by atoms with Gasteiger partial charge in [0.2, 0.25) is 11.8 Å². The van der Waals surface area contributed by atoms with Crippen molar-refractivity contribution in [3.63, 3.8) is 0 Å². The Morgan fingerprint density at radius 3 is 2.40 bits per heavy atom. The van der Waals surface area contributed by atoms with Gasteiger partial charge in [-0.05, 0) is 57.6 Å². The number of carboxylic acids is 1. The number of nitrogens with one attached hydrogen (secondary N) is 1. The number of benzene rings is 1. The first-order valence-electron chi connectivity index (χ1n) is 11.9. The quantitative estimate of drug-likeness (QED) is 0.628. The van der Waals surface area contributed by atoms with Gasteiger partial charge in [0.1, 0.15) is 17.7 Å². The number of nitrogens with zero attached hydrogens (tertiary/aromatic N) is 2. The Hall–Kier alpha value is -3.14. The van der Waals surface area contributed by atoms with Crippen LogP contribution in [0.15, 0.2) is 24.3 Å². The molecule has 2 heterocycles. The minimum absolute atomic E-state index is 0.148. The molecule has 2 aliphatic rings. The first-order chi connectivity index (χ1) is 16.4. The Labute approximate surface area is 205 Å². The van der Waals surface area contributed by atoms with Crippen molar-refractivity contribution in [2.75, 3.05) is 20.3 Å². The van der Waals surface area contributed by atoms with Gasteiger partial charge in [0.15, 0.2) is 6.04 Å².